The van der Waals surface area contributed by atoms with Gasteiger partial charge in [-0.3, -0.25) is 9.59 Å². The number of ether oxygens (including phenoxy) is 4. The highest BCUT2D eigenvalue weighted by Crippen LogP contribution is 2.22. The molecule has 0 spiro atoms. The second kappa shape index (κ2) is 38.3. The van der Waals surface area contributed by atoms with Crippen molar-refractivity contribution in [2.24, 2.45) is 0 Å². The van der Waals surface area contributed by atoms with E-state index in [-0.39, 0.29) is 26.1 Å². The molecule has 4 N–H and O–H groups in total. The van der Waals surface area contributed by atoms with Crippen molar-refractivity contribution in [3.63, 3.8) is 0 Å². The van der Waals surface area contributed by atoms with Crippen LogP contribution in [0.4, 0.5) is 0 Å². The summed E-state index contributed by atoms with van der Waals surface area (Å²) in [4.78, 5) is 25.3. The number of aliphatic hydroxyl groups excluding tert-OH is 4. The summed E-state index contributed by atoms with van der Waals surface area (Å²) in [7, 11) is 0. The van der Waals surface area contributed by atoms with Crippen molar-refractivity contribution in [3.8, 4) is 0 Å². The van der Waals surface area contributed by atoms with Gasteiger partial charge in [-0.1, -0.05) is 138 Å². The number of unbranched alkanes of at least 4 members (excludes halogenated alkanes) is 13. The zero-order valence-corrected chi connectivity index (χ0v) is 36.0. The van der Waals surface area contributed by atoms with Gasteiger partial charge in [-0.05, 0) is 83.5 Å². The molecule has 1 rings (SSSR count). The Labute approximate surface area is 351 Å². The molecule has 6 atom stereocenters. The zero-order chi connectivity index (χ0) is 42.3. The lowest BCUT2D eigenvalue weighted by molar-refractivity contribution is -0.305. The Morgan fingerprint density at radius 2 is 1.02 bits per heavy atom. The monoisotopic (exact) mass is 817 g/mol. The van der Waals surface area contributed by atoms with Crippen LogP contribution in [0.5, 0.6) is 0 Å². The summed E-state index contributed by atoms with van der Waals surface area (Å²) in [6, 6.07) is 0. The average molecular weight is 817 g/mol. The van der Waals surface area contributed by atoms with Gasteiger partial charge in [-0.25, -0.2) is 0 Å². The van der Waals surface area contributed by atoms with E-state index in [2.05, 4.69) is 86.8 Å². The van der Waals surface area contributed by atoms with Crippen LogP contribution in [0.25, 0.3) is 0 Å². The Bertz CT molecular complexity index is 1170. The van der Waals surface area contributed by atoms with E-state index >= 15 is 0 Å². The van der Waals surface area contributed by atoms with E-state index in [1.165, 1.54) is 38.5 Å². The van der Waals surface area contributed by atoms with E-state index in [4.69, 9.17) is 18.9 Å². The first kappa shape index (κ1) is 53.2. The van der Waals surface area contributed by atoms with Crippen molar-refractivity contribution in [3.05, 3.63) is 72.9 Å². The molecule has 0 amide bonds. The lowest BCUT2D eigenvalue weighted by atomic mass is 9.99. The molecule has 0 radical (unpaired) electrons. The predicted octanol–water partition coefficient (Wildman–Crippen LogP) is 9.61. The Hall–Kier alpha value is -2.86. The molecule has 1 fully saturated rings. The van der Waals surface area contributed by atoms with E-state index in [1.807, 2.05) is 0 Å². The minimum absolute atomic E-state index is 0.186. The molecule has 2 unspecified atom stereocenters. The van der Waals surface area contributed by atoms with Gasteiger partial charge in [0.15, 0.2) is 12.4 Å². The fourth-order valence-corrected chi connectivity index (χ4v) is 6.27. The summed E-state index contributed by atoms with van der Waals surface area (Å²) in [5, 5.41) is 40.1. The molecule has 0 aliphatic carbocycles. The first-order valence-corrected chi connectivity index (χ1v) is 22.5. The summed E-state index contributed by atoms with van der Waals surface area (Å²) in [5.41, 5.74) is 0. The zero-order valence-electron chi connectivity index (χ0n) is 36.0. The quantitative estimate of drug-likeness (QED) is 0.0273. The number of hydrogen-bond donors (Lipinski definition) is 4. The molecular weight excluding hydrogens is 737 g/mol. The molecule has 1 saturated heterocycles. The van der Waals surface area contributed by atoms with Gasteiger partial charge in [-0.2, -0.15) is 0 Å². The van der Waals surface area contributed by atoms with Crippen LogP contribution in [-0.4, -0.2) is 89.0 Å². The Balaban J connectivity index is 2.37. The Morgan fingerprint density at radius 1 is 0.552 bits per heavy atom. The van der Waals surface area contributed by atoms with Gasteiger partial charge >= 0.3 is 11.9 Å². The van der Waals surface area contributed by atoms with Crippen molar-refractivity contribution in [2.75, 3.05) is 19.8 Å². The van der Waals surface area contributed by atoms with Crippen molar-refractivity contribution >= 4 is 11.9 Å². The minimum Gasteiger partial charge on any atom is -0.462 e. The predicted molar refractivity (Wildman–Crippen MR) is 233 cm³/mol. The summed E-state index contributed by atoms with van der Waals surface area (Å²) in [6.45, 7) is 3.24. The first-order chi connectivity index (χ1) is 28.3. The first-order valence-electron chi connectivity index (χ1n) is 22.5. The van der Waals surface area contributed by atoms with Crippen molar-refractivity contribution in [2.45, 2.75) is 198 Å². The fraction of sp³-hybridized carbons (Fsp3) is 0.708. The van der Waals surface area contributed by atoms with E-state index in [0.29, 0.717) is 12.8 Å². The molecule has 0 aromatic rings. The van der Waals surface area contributed by atoms with Crippen molar-refractivity contribution in [1.82, 2.24) is 0 Å². The number of hydrogen-bond acceptors (Lipinski definition) is 10. The third kappa shape index (κ3) is 29.4. The molecule has 1 aliphatic rings. The average Bonchev–Trinajstić information content (AvgIpc) is 3.22. The maximum Gasteiger partial charge on any atom is 0.306 e. The lowest BCUT2D eigenvalue weighted by Gasteiger charge is -2.39. The van der Waals surface area contributed by atoms with E-state index in [9.17, 15) is 30.0 Å². The smallest absolute Gasteiger partial charge is 0.306 e. The number of carbonyl (C=O) groups is 2. The standard InChI is InChI=1S/C48H80O10/c1-3-5-7-9-11-13-15-17-19-20-21-22-23-25-27-29-31-33-35-37-44(51)57-41(40-56-48-47(54)46(53)45(52)42(38-49)58-48)39-55-43(50)36-34-32-30-28-26-24-18-16-14-12-10-8-6-4-2/h5,7,11,13,16-19,21-22,25,27,41-42,45-49,52-54H,3-4,6,8-10,12,14-15,20,23-24,26,28-40H2,1-2H3/b7-5+,13-11+,18-16+,19-17+,22-21+,27-25+/t41-,42-,45+,46?,47?,48-/m1/s1. The fourth-order valence-electron chi connectivity index (χ4n) is 6.27. The van der Waals surface area contributed by atoms with Gasteiger partial charge in [0, 0.05) is 12.8 Å². The van der Waals surface area contributed by atoms with Gasteiger partial charge in [0.25, 0.3) is 0 Å². The van der Waals surface area contributed by atoms with Crippen LogP contribution < -0.4 is 0 Å². The minimum atomic E-state index is -1.61. The largest absolute Gasteiger partial charge is 0.462 e. The summed E-state index contributed by atoms with van der Waals surface area (Å²) in [5.74, 6) is -0.860. The molecular formula is C48H80O10. The Kier molecular flexibility index (Phi) is 35.1. The summed E-state index contributed by atoms with van der Waals surface area (Å²) >= 11 is 0. The Morgan fingerprint density at radius 3 is 1.57 bits per heavy atom. The maximum atomic E-state index is 12.8. The number of allylic oxidation sites excluding steroid dienone is 12. The molecule has 0 bridgehead atoms. The number of rotatable bonds is 36. The molecule has 1 heterocycles. The van der Waals surface area contributed by atoms with E-state index in [1.54, 1.807) is 0 Å². The van der Waals surface area contributed by atoms with Gasteiger partial charge in [0.05, 0.1) is 13.2 Å². The number of carbonyl (C=O) groups excluding carboxylic acids is 2. The van der Waals surface area contributed by atoms with Gasteiger partial charge in [0.1, 0.15) is 31.0 Å². The van der Waals surface area contributed by atoms with Crippen LogP contribution in [0.15, 0.2) is 72.9 Å². The summed E-state index contributed by atoms with van der Waals surface area (Å²) < 4.78 is 22.1. The molecule has 0 saturated carbocycles. The molecule has 0 aromatic heterocycles. The van der Waals surface area contributed by atoms with Crippen LogP contribution in [0.2, 0.25) is 0 Å². The molecule has 332 valence electrons. The molecule has 10 heteroatoms. The summed E-state index contributed by atoms with van der Waals surface area (Å²) in [6.07, 6.45) is 40.5. The highest BCUT2D eigenvalue weighted by atomic mass is 16.7. The molecule has 58 heavy (non-hydrogen) atoms. The highest BCUT2D eigenvalue weighted by Gasteiger charge is 2.44. The van der Waals surface area contributed by atoms with Crippen LogP contribution in [0.3, 0.4) is 0 Å². The normalized spacial score (nSPS) is 20.8. The molecule has 10 nitrogen and oxygen atoms in total. The van der Waals surface area contributed by atoms with Gasteiger partial charge < -0.3 is 39.4 Å². The van der Waals surface area contributed by atoms with Crippen molar-refractivity contribution < 1.29 is 49.0 Å². The van der Waals surface area contributed by atoms with E-state index in [0.717, 1.165) is 83.5 Å². The number of aliphatic hydroxyl groups is 4. The SMILES string of the molecule is CC/C=C/C/C=C/C/C=C/C/C=C/C/C=C/CCCCCC(=O)O[C@H](COC(=O)CCCCCCC/C=C/CCCCCCC)CO[C@@H]1O[C@H](CO)[C@H](O)C(O)C1O. The maximum absolute atomic E-state index is 12.8. The molecule has 0 aromatic carbocycles. The topological polar surface area (TPSA) is 152 Å². The third-order valence-electron chi connectivity index (χ3n) is 9.83. The van der Waals surface area contributed by atoms with Crippen molar-refractivity contribution in [1.29, 1.82) is 0 Å². The van der Waals surface area contributed by atoms with Crippen LogP contribution in [0.1, 0.15) is 162 Å². The third-order valence-corrected chi connectivity index (χ3v) is 9.83. The second-order valence-corrected chi connectivity index (χ2v) is 15.1. The molecule has 1 aliphatic heterocycles. The lowest BCUT2D eigenvalue weighted by Crippen LogP contribution is -2.59. The second-order valence-electron chi connectivity index (χ2n) is 15.1. The number of esters is 2. The highest BCUT2D eigenvalue weighted by molar-refractivity contribution is 5.70. The van der Waals surface area contributed by atoms with Gasteiger partial charge in [0.2, 0.25) is 0 Å². The van der Waals surface area contributed by atoms with Crippen LogP contribution in [-0.2, 0) is 28.5 Å². The van der Waals surface area contributed by atoms with Gasteiger partial charge in [-0.15, -0.1) is 0 Å². The van der Waals surface area contributed by atoms with E-state index < -0.39 is 55.4 Å². The van der Waals surface area contributed by atoms with Crippen LogP contribution in [0, 0.1) is 0 Å². The van der Waals surface area contributed by atoms with Crippen LogP contribution >= 0.6 is 0 Å².